The van der Waals surface area contributed by atoms with Gasteiger partial charge >= 0.3 is 0 Å². The van der Waals surface area contributed by atoms with E-state index >= 15 is 0 Å². The highest BCUT2D eigenvalue weighted by atomic mass is 35.5. The fourth-order valence-electron chi connectivity index (χ4n) is 3.69. The maximum absolute atomic E-state index is 13.6. The van der Waals surface area contributed by atoms with Crippen LogP contribution in [0.15, 0.2) is 42.5 Å². The van der Waals surface area contributed by atoms with Crippen LogP contribution in [0.5, 0.6) is 0 Å². The van der Waals surface area contributed by atoms with Crippen molar-refractivity contribution in [2.45, 2.75) is 6.54 Å². The van der Waals surface area contributed by atoms with Crippen molar-refractivity contribution in [3.8, 4) is 0 Å². The molecule has 0 N–H and O–H groups in total. The van der Waals surface area contributed by atoms with Crippen molar-refractivity contribution < 1.29 is 24.2 Å². The SMILES string of the molecule is O=C(c1cccc([N+](=O)[O-])c1)N(Cc1ccc(Cl)cc1[N+](=O)[O-])N1C(=O)c2c(Cl)c(Cl)c(Cl)c(Cl)c2C1=O. The molecule has 0 unspecified atom stereocenters. The van der Waals surface area contributed by atoms with Crippen LogP contribution >= 0.6 is 58.0 Å². The standard InChI is InChI=1S/C22H9Cl5N4O7/c23-11-5-4-10(13(7-11)31(37)38)8-28(20(32)9-2-1-3-12(6-9)30(35)36)29-21(33)14-15(22(29)34)17(25)19(27)18(26)16(14)24/h1-7H,8H2. The Hall–Kier alpha value is -3.48. The van der Waals surface area contributed by atoms with Crippen LogP contribution in [0.3, 0.4) is 0 Å². The minimum absolute atomic E-state index is 0.0144. The maximum Gasteiger partial charge on any atom is 0.282 e. The lowest BCUT2D eigenvalue weighted by Crippen LogP contribution is -2.49. The highest BCUT2D eigenvalue weighted by Gasteiger charge is 2.46. The number of rotatable bonds is 6. The van der Waals surface area contributed by atoms with Gasteiger partial charge in [0.1, 0.15) is 0 Å². The molecule has 0 bridgehead atoms. The van der Waals surface area contributed by atoms with Crippen LogP contribution in [0.2, 0.25) is 25.1 Å². The molecule has 38 heavy (non-hydrogen) atoms. The largest absolute Gasteiger partial charge is 0.282 e. The number of halogens is 5. The van der Waals surface area contributed by atoms with Gasteiger partial charge in [-0.15, -0.1) is 0 Å². The van der Waals surface area contributed by atoms with E-state index in [0.29, 0.717) is 10.0 Å². The van der Waals surface area contributed by atoms with Gasteiger partial charge in [0.05, 0.1) is 53.2 Å². The van der Waals surface area contributed by atoms with Gasteiger partial charge in [0.15, 0.2) is 0 Å². The van der Waals surface area contributed by atoms with Gasteiger partial charge < -0.3 is 0 Å². The molecule has 1 aliphatic rings. The van der Waals surface area contributed by atoms with Crippen LogP contribution in [-0.4, -0.2) is 37.6 Å². The molecule has 1 aliphatic heterocycles. The molecule has 0 spiro atoms. The van der Waals surface area contributed by atoms with Crippen molar-refractivity contribution in [2.24, 2.45) is 0 Å². The van der Waals surface area contributed by atoms with Crippen LogP contribution in [0.1, 0.15) is 36.6 Å². The first-order valence-corrected chi connectivity index (χ1v) is 12.0. The van der Waals surface area contributed by atoms with Gasteiger partial charge in [0.25, 0.3) is 29.1 Å². The van der Waals surface area contributed by atoms with Crippen molar-refractivity contribution in [1.82, 2.24) is 10.0 Å². The normalized spacial score (nSPS) is 12.5. The molecule has 16 heteroatoms. The average Bonchev–Trinajstić information content (AvgIpc) is 3.14. The summed E-state index contributed by atoms with van der Waals surface area (Å²) in [6.45, 7) is -0.711. The average molecular weight is 619 g/mol. The molecule has 3 aromatic rings. The summed E-state index contributed by atoms with van der Waals surface area (Å²) in [6, 6.07) is 7.99. The number of non-ortho nitro benzene ring substituents is 1. The molecule has 0 aliphatic carbocycles. The lowest BCUT2D eigenvalue weighted by molar-refractivity contribution is -0.385. The summed E-state index contributed by atoms with van der Waals surface area (Å²) in [7, 11) is 0. The van der Waals surface area contributed by atoms with Crippen molar-refractivity contribution in [1.29, 1.82) is 0 Å². The number of benzene rings is 3. The lowest BCUT2D eigenvalue weighted by atomic mass is 10.1. The van der Waals surface area contributed by atoms with E-state index in [1.165, 1.54) is 24.3 Å². The highest BCUT2D eigenvalue weighted by molar-refractivity contribution is 6.55. The van der Waals surface area contributed by atoms with Crippen molar-refractivity contribution in [3.05, 3.63) is 110 Å². The van der Waals surface area contributed by atoms with Gasteiger partial charge in [0, 0.05) is 28.8 Å². The van der Waals surface area contributed by atoms with Crippen LogP contribution in [0.25, 0.3) is 0 Å². The zero-order chi connectivity index (χ0) is 28.0. The van der Waals surface area contributed by atoms with Gasteiger partial charge in [-0.3, -0.25) is 34.6 Å². The number of imide groups is 1. The molecular weight excluding hydrogens is 610 g/mol. The molecule has 0 saturated heterocycles. The third-order valence-electron chi connectivity index (χ3n) is 5.42. The summed E-state index contributed by atoms with van der Waals surface area (Å²) in [4.78, 5) is 62.0. The van der Waals surface area contributed by atoms with E-state index in [0.717, 1.165) is 18.2 Å². The molecule has 3 amide bonds. The van der Waals surface area contributed by atoms with Crippen LogP contribution in [-0.2, 0) is 6.54 Å². The minimum Gasteiger partial charge on any atom is -0.267 e. The molecule has 11 nitrogen and oxygen atoms in total. The highest BCUT2D eigenvalue weighted by Crippen LogP contribution is 2.45. The first-order chi connectivity index (χ1) is 17.8. The molecule has 0 saturated carbocycles. The Morgan fingerprint density at radius 1 is 0.816 bits per heavy atom. The minimum atomic E-state index is -1.13. The Morgan fingerprint density at radius 2 is 1.39 bits per heavy atom. The Balaban J connectivity index is 1.91. The molecule has 3 aromatic carbocycles. The first kappa shape index (κ1) is 27.6. The second kappa shape index (κ2) is 10.4. The molecule has 0 fully saturated rings. The summed E-state index contributed by atoms with van der Waals surface area (Å²) in [5.41, 5.74) is -2.30. The fraction of sp³-hybridized carbons (Fsp3) is 0.0455. The number of nitro benzene ring substituents is 2. The predicted molar refractivity (Wildman–Crippen MR) is 138 cm³/mol. The van der Waals surface area contributed by atoms with Crippen LogP contribution in [0.4, 0.5) is 11.4 Å². The van der Waals surface area contributed by atoms with E-state index in [1.807, 2.05) is 0 Å². The Kier molecular flexibility index (Phi) is 7.51. The van der Waals surface area contributed by atoms with Crippen molar-refractivity contribution in [3.63, 3.8) is 0 Å². The number of amides is 3. The monoisotopic (exact) mass is 616 g/mol. The number of carbonyl (C=O) groups excluding carboxylic acids is 3. The van der Waals surface area contributed by atoms with E-state index in [-0.39, 0.29) is 26.2 Å². The summed E-state index contributed by atoms with van der Waals surface area (Å²) in [5.74, 6) is -3.35. The summed E-state index contributed by atoms with van der Waals surface area (Å²) < 4.78 is 0. The van der Waals surface area contributed by atoms with E-state index in [2.05, 4.69) is 0 Å². The van der Waals surface area contributed by atoms with Crippen LogP contribution in [0, 0.1) is 20.2 Å². The Morgan fingerprint density at radius 3 is 1.92 bits per heavy atom. The fourth-order valence-corrected chi connectivity index (χ4v) is 4.87. The number of fused-ring (bicyclic) bond motifs is 1. The number of hydrogen-bond acceptors (Lipinski definition) is 7. The van der Waals surface area contributed by atoms with Gasteiger partial charge in [-0.1, -0.05) is 64.1 Å². The molecule has 4 rings (SSSR count). The van der Waals surface area contributed by atoms with Gasteiger partial charge in [-0.05, 0) is 18.2 Å². The van der Waals surface area contributed by atoms with E-state index in [4.69, 9.17) is 58.0 Å². The summed E-state index contributed by atoms with van der Waals surface area (Å²) in [5, 5.41) is 22.4. The molecule has 194 valence electrons. The molecule has 0 atom stereocenters. The van der Waals surface area contributed by atoms with Crippen LogP contribution < -0.4 is 0 Å². The lowest BCUT2D eigenvalue weighted by Gasteiger charge is -2.30. The molecular formula is C22H9Cl5N4O7. The van der Waals surface area contributed by atoms with Gasteiger partial charge in [-0.2, -0.15) is 5.01 Å². The topological polar surface area (TPSA) is 144 Å². The van der Waals surface area contributed by atoms with Gasteiger partial charge in [0.2, 0.25) is 0 Å². The van der Waals surface area contributed by atoms with Crippen molar-refractivity contribution in [2.75, 3.05) is 0 Å². The van der Waals surface area contributed by atoms with E-state index in [1.54, 1.807) is 0 Å². The Labute approximate surface area is 237 Å². The summed E-state index contributed by atoms with van der Waals surface area (Å²) in [6.07, 6.45) is 0. The smallest absolute Gasteiger partial charge is 0.267 e. The Bertz CT molecular complexity index is 1550. The number of hydrogen-bond donors (Lipinski definition) is 0. The predicted octanol–water partition coefficient (Wildman–Crippen LogP) is 6.62. The quantitative estimate of drug-likeness (QED) is 0.0992. The number of nitrogens with zero attached hydrogens (tertiary/aromatic N) is 4. The molecule has 0 aromatic heterocycles. The second-order valence-electron chi connectivity index (χ2n) is 7.63. The number of hydrazine groups is 1. The molecule has 1 heterocycles. The first-order valence-electron chi connectivity index (χ1n) is 10.1. The van der Waals surface area contributed by atoms with E-state index < -0.39 is 66.7 Å². The molecule has 0 radical (unpaired) electrons. The zero-order valence-electron chi connectivity index (χ0n) is 18.3. The maximum atomic E-state index is 13.6. The second-order valence-corrected chi connectivity index (χ2v) is 9.58. The third kappa shape index (κ3) is 4.63. The summed E-state index contributed by atoms with van der Waals surface area (Å²) >= 11 is 30.4. The zero-order valence-corrected chi connectivity index (χ0v) is 22.1. The van der Waals surface area contributed by atoms with Crippen molar-refractivity contribution >= 4 is 87.1 Å². The number of nitro groups is 2. The van der Waals surface area contributed by atoms with Gasteiger partial charge in [-0.25, -0.2) is 5.01 Å². The third-order valence-corrected chi connectivity index (χ3v) is 7.46. The van der Waals surface area contributed by atoms with E-state index in [9.17, 15) is 34.6 Å². The number of carbonyl (C=O) groups is 3.